The van der Waals surface area contributed by atoms with E-state index in [9.17, 15) is 9.59 Å². The summed E-state index contributed by atoms with van der Waals surface area (Å²) in [4.78, 5) is 22.8. The predicted octanol–water partition coefficient (Wildman–Crippen LogP) is 2.91. The highest BCUT2D eigenvalue weighted by Crippen LogP contribution is 2.10. The first-order valence-corrected chi connectivity index (χ1v) is 6.31. The molecule has 21 heavy (non-hydrogen) atoms. The molecular weight excluding hydrogens is 272 g/mol. The zero-order valence-electron chi connectivity index (χ0n) is 12.5. The summed E-state index contributed by atoms with van der Waals surface area (Å²) in [6.45, 7) is 5.27. The van der Waals surface area contributed by atoms with Crippen LogP contribution >= 0.6 is 0 Å². The summed E-state index contributed by atoms with van der Waals surface area (Å²) in [5.41, 5.74) is 0.296. The van der Waals surface area contributed by atoms with Crippen LogP contribution in [0.15, 0.2) is 57.0 Å². The van der Waals surface area contributed by atoms with Gasteiger partial charge in [0, 0.05) is 12.1 Å². The number of rotatable bonds is 5. The fourth-order valence-corrected chi connectivity index (χ4v) is 1.36. The standard InChI is InChI=1S/C16H18O5/c1-11(5-7-12(2)19-4)6-8-15(17)21-14-9-13(3)20-16(18)10-14/h5-10H,1-4H3. The minimum atomic E-state index is -0.569. The topological polar surface area (TPSA) is 65.7 Å². The lowest BCUT2D eigenvalue weighted by Crippen LogP contribution is -2.07. The van der Waals surface area contributed by atoms with Gasteiger partial charge in [-0.25, -0.2) is 9.59 Å². The highest BCUT2D eigenvalue weighted by molar-refractivity contribution is 5.84. The van der Waals surface area contributed by atoms with Gasteiger partial charge in [0.2, 0.25) is 0 Å². The van der Waals surface area contributed by atoms with Crippen LogP contribution in [0.3, 0.4) is 0 Å². The Labute approximate surface area is 123 Å². The molecule has 5 nitrogen and oxygen atoms in total. The largest absolute Gasteiger partial charge is 0.501 e. The van der Waals surface area contributed by atoms with Gasteiger partial charge in [0.15, 0.2) is 0 Å². The molecule has 0 saturated carbocycles. The molecule has 0 radical (unpaired) electrons. The lowest BCUT2D eigenvalue weighted by molar-refractivity contribution is -0.129. The van der Waals surface area contributed by atoms with Crippen LogP contribution < -0.4 is 10.4 Å². The van der Waals surface area contributed by atoms with E-state index in [4.69, 9.17) is 13.9 Å². The van der Waals surface area contributed by atoms with E-state index in [1.165, 1.54) is 12.1 Å². The molecule has 0 unspecified atom stereocenters. The fraction of sp³-hybridized carbons (Fsp3) is 0.250. The lowest BCUT2D eigenvalue weighted by Gasteiger charge is -2.00. The molecule has 0 atom stereocenters. The van der Waals surface area contributed by atoms with Crippen molar-refractivity contribution < 1.29 is 18.7 Å². The Morgan fingerprint density at radius 3 is 2.52 bits per heavy atom. The molecule has 1 aromatic rings. The van der Waals surface area contributed by atoms with Gasteiger partial charge in [-0.05, 0) is 26.8 Å². The van der Waals surface area contributed by atoms with Crippen molar-refractivity contribution in [2.45, 2.75) is 20.8 Å². The van der Waals surface area contributed by atoms with Gasteiger partial charge < -0.3 is 13.9 Å². The van der Waals surface area contributed by atoms with Crippen molar-refractivity contribution in [3.63, 3.8) is 0 Å². The number of methoxy groups -OCH3 is 1. The molecule has 0 spiro atoms. The van der Waals surface area contributed by atoms with Crippen LogP contribution in [0.1, 0.15) is 19.6 Å². The maximum atomic E-state index is 11.6. The molecule has 0 aromatic carbocycles. The Bertz CT molecular complexity index is 647. The van der Waals surface area contributed by atoms with Crippen molar-refractivity contribution in [3.8, 4) is 5.75 Å². The number of hydrogen-bond donors (Lipinski definition) is 0. The Morgan fingerprint density at radius 1 is 1.19 bits per heavy atom. The van der Waals surface area contributed by atoms with Gasteiger partial charge in [0.1, 0.15) is 11.5 Å². The van der Waals surface area contributed by atoms with E-state index in [0.29, 0.717) is 5.76 Å². The van der Waals surface area contributed by atoms with E-state index >= 15 is 0 Å². The van der Waals surface area contributed by atoms with Gasteiger partial charge >= 0.3 is 11.6 Å². The third kappa shape index (κ3) is 6.42. The van der Waals surface area contributed by atoms with Crippen molar-refractivity contribution in [2.24, 2.45) is 0 Å². The summed E-state index contributed by atoms with van der Waals surface area (Å²) in [6, 6.07) is 2.59. The van der Waals surface area contributed by atoms with E-state index in [1.54, 1.807) is 26.2 Å². The second kappa shape index (κ2) is 7.89. The summed E-state index contributed by atoms with van der Waals surface area (Å²) in [5, 5.41) is 0. The highest BCUT2D eigenvalue weighted by Gasteiger charge is 2.03. The second-order valence-corrected chi connectivity index (χ2v) is 4.37. The molecule has 1 heterocycles. The molecule has 1 aromatic heterocycles. The molecule has 0 aliphatic carbocycles. The molecule has 5 heteroatoms. The normalized spacial score (nSPS) is 12.6. The molecule has 0 bridgehead atoms. The number of hydrogen-bond acceptors (Lipinski definition) is 5. The minimum absolute atomic E-state index is 0.162. The maximum Gasteiger partial charge on any atom is 0.339 e. The Kier molecular flexibility index (Phi) is 6.20. The average Bonchev–Trinajstić information content (AvgIpc) is 2.41. The van der Waals surface area contributed by atoms with Crippen LogP contribution in [0, 0.1) is 6.92 Å². The first kappa shape index (κ1) is 16.5. The first-order valence-electron chi connectivity index (χ1n) is 6.31. The van der Waals surface area contributed by atoms with E-state index in [0.717, 1.165) is 17.4 Å². The molecular formula is C16H18O5. The van der Waals surface area contributed by atoms with Crippen molar-refractivity contribution in [1.82, 2.24) is 0 Å². The van der Waals surface area contributed by atoms with Crippen molar-refractivity contribution >= 4 is 5.97 Å². The number of esters is 1. The third-order valence-electron chi connectivity index (χ3n) is 2.47. The summed E-state index contributed by atoms with van der Waals surface area (Å²) >= 11 is 0. The van der Waals surface area contributed by atoms with Gasteiger partial charge in [-0.15, -0.1) is 0 Å². The zero-order chi connectivity index (χ0) is 15.8. The SMILES string of the molecule is COC(C)=CC=C(C)C=CC(=O)Oc1cc(C)oc(=O)c1. The molecule has 0 aliphatic rings. The Balaban J connectivity index is 2.69. The van der Waals surface area contributed by atoms with Gasteiger partial charge in [0.25, 0.3) is 0 Å². The van der Waals surface area contributed by atoms with Gasteiger partial charge in [-0.2, -0.15) is 0 Å². The Morgan fingerprint density at radius 2 is 1.90 bits per heavy atom. The number of carbonyl (C=O) groups excluding carboxylic acids is 1. The van der Waals surface area contributed by atoms with Crippen molar-refractivity contribution in [3.05, 3.63) is 63.9 Å². The first-order chi connectivity index (χ1) is 9.90. The highest BCUT2D eigenvalue weighted by atomic mass is 16.5. The van der Waals surface area contributed by atoms with E-state index in [2.05, 4.69) is 0 Å². The molecule has 0 amide bonds. The quantitative estimate of drug-likeness (QED) is 0.361. The number of ether oxygens (including phenoxy) is 2. The van der Waals surface area contributed by atoms with Crippen LogP contribution in [0.5, 0.6) is 5.75 Å². The number of allylic oxidation sites excluding steroid dienone is 5. The third-order valence-corrected chi connectivity index (χ3v) is 2.47. The zero-order valence-corrected chi connectivity index (χ0v) is 12.5. The summed E-state index contributed by atoms with van der Waals surface area (Å²) < 4.78 is 14.8. The molecule has 0 saturated heterocycles. The van der Waals surface area contributed by atoms with E-state index < -0.39 is 11.6 Å². The van der Waals surface area contributed by atoms with Gasteiger partial charge in [-0.3, -0.25) is 0 Å². The van der Waals surface area contributed by atoms with Gasteiger partial charge in [-0.1, -0.05) is 17.7 Å². The van der Waals surface area contributed by atoms with Gasteiger partial charge in [0.05, 0.1) is 18.9 Å². The molecule has 0 aliphatic heterocycles. The smallest absolute Gasteiger partial charge is 0.339 e. The van der Waals surface area contributed by atoms with Crippen LogP contribution in [-0.4, -0.2) is 13.1 Å². The average molecular weight is 290 g/mol. The van der Waals surface area contributed by atoms with Crippen molar-refractivity contribution in [1.29, 1.82) is 0 Å². The Hall–Kier alpha value is -2.56. The number of carbonyl (C=O) groups is 1. The molecule has 0 N–H and O–H groups in total. The van der Waals surface area contributed by atoms with Crippen LogP contribution in [-0.2, 0) is 9.53 Å². The maximum absolute atomic E-state index is 11.6. The predicted molar refractivity (Wildman–Crippen MR) is 79.0 cm³/mol. The van der Waals surface area contributed by atoms with E-state index in [-0.39, 0.29) is 5.75 Å². The van der Waals surface area contributed by atoms with Crippen LogP contribution in [0.25, 0.3) is 0 Å². The van der Waals surface area contributed by atoms with E-state index in [1.807, 2.05) is 19.9 Å². The number of aryl methyl sites for hydroxylation is 1. The van der Waals surface area contributed by atoms with Crippen LogP contribution in [0.2, 0.25) is 0 Å². The minimum Gasteiger partial charge on any atom is -0.501 e. The summed E-state index contributed by atoms with van der Waals surface area (Å²) in [7, 11) is 1.58. The lowest BCUT2D eigenvalue weighted by atomic mass is 10.2. The summed E-state index contributed by atoms with van der Waals surface area (Å²) in [5.74, 6) is 0.734. The fourth-order valence-electron chi connectivity index (χ4n) is 1.36. The van der Waals surface area contributed by atoms with Crippen LogP contribution in [0.4, 0.5) is 0 Å². The molecule has 0 fully saturated rings. The van der Waals surface area contributed by atoms with Crippen molar-refractivity contribution in [2.75, 3.05) is 7.11 Å². The second-order valence-electron chi connectivity index (χ2n) is 4.37. The molecule has 112 valence electrons. The molecule has 1 rings (SSSR count). The monoisotopic (exact) mass is 290 g/mol. The summed E-state index contributed by atoms with van der Waals surface area (Å²) in [6.07, 6.45) is 6.49.